The van der Waals surface area contributed by atoms with Crippen LogP contribution in [0.4, 0.5) is 0 Å². The van der Waals surface area contributed by atoms with Crippen LogP contribution in [-0.2, 0) is 13.1 Å². The maximum Gasteiger partial charge on any atom is 0.161 e. The number of nitrogens with zero attached hydrogens (tertiary/aromatic N) is 1. The van der Waals surface area contributed by atoms with E-state index in [2.05, 4.69) is 27.0 Å². The molecule has 1 aliphatic rings. The van der Waals surface area contributed by atoms with E-state index in [0.29, 0.717) is 18.0 Å². The normalized spacial score (nSPS) is 16.8. The Bertz CT molecular complexity index is 700. The van der Waals surface area contributed by atoms with E-state index in [1.807, 2.05) is 18.2 Å². The molecule has 2 aromatic rings. The van der Waals surface area contributed by atoms with Crippen molar-refractivity contribution in [2.45, 2.75) is 51.3 Å². The Morgan fingerprint density at radius 2 is 1.79 bits per heavy atom. The summed E-state index contributed by atoms with van der Waals surface area (Å²) in [6.07, 6.45) is 5.90. The highest BCUT2D eigenvalue weighted by molar-refractivity contribution is 7.07. The van der Waals surface area contributed by atoms with Gasteiger partial charge in [0.2, 0.25) is 0 Å². The molecule has 3 rings (SSSR count). The van der Waals surface area contributed by atoms with Gasteiger partial charge in [0.05, 0.1) is 7.11 Å². The fraction of sp³-hybridized carbons (Fsp3) is 0.565. The summed E-state index contributed by atoms with van der Waals surface area (Å²) >= 11 is 1.71. The zero-order chi connectivity index (χ0) is 20.3. The molecule has 0 aliphatic carbocycles. The van der Waals surface area contributed by atoms with Gasteiger partial charge in [0.15, 0.2) is 11.5 Å². The predicted molar refractivity (Wildman–Crippen MR) is 119 cm³/mol. The molecular weight excluding hydrogens is 384 g/mol. The molecule has 0 spiro atoms. The Balaban J connectivity index is 1.45. The van der Waals surface area contributed by atoms with Gasteiger partial charge in [-0.05, 0) is 66.0 Å². The van der Waals surface area contributed by atoms with Gasteiger partial charge in [-0.25, -0.2) is 0 Å². The smallest absolute Gasteiger partial charge is 0.161 e. The second-order valence-electron chi connectivity index (χ2n) is 7.75. The summed E-state index contributed by atoms with van der Waals surface area (Å²) in [5.41, 5.74) is 2.45. The predicted octanol–water partition coefficient (Wildman–Crippen LogP) is 4.05. The minimum absolute atomic E-state index is 0.280. The first kappa shape index (κ1) is 22.1. The van der Waals surface area contributed by atoms with E-state index < -0.39 is 6.10 Å². The van der Waals surface area contributed by atoms with Crippen molar-refractivity contribution < 1.29 is 14.6 Å². The van der Waals surface area contributed by atoms with Crippen LogP contribution in [-0.4, -0.2) is 49.5 Å². The van der Waals surface area contributed by atoms with Crippen LogP contribution >= 0.6 is 11.3 Å². The summed E-state index contributed by atoms with van der Waals surface area (Å²) in [6, 6.07) is 8.11. The van der Waals surface area contributed by atoms with Gasteiger partial charge >= 0.3 is 0 Å². The largest absolute Gasteiger partial charge is 0.493 e. The maximum atomic E-state index is 10.4. The van der Waals surface area contributed by atoms with E-state index in [4.69, 9.17) is 9.47 Å². The molecular formula is C23H34N2O3S. The number of thiophene rings is 1. The first-order valence-electron chi connectivity index (χ1n) is 10.7. The summed E-state index contributed by atoms with van der Waals surface area (Å²) in [5, 5.41) is 18.1. The lowest BCUT2D eigenvalue weighted by molar-refractivity contribution is 0.0645. The second kappa shape index (κ2) is 12.2. The summed E-state index contributed by atoms with van der Waals surface area (Å²) in [4.78, 5) is 2.37. The average molecular weight is 419 g/mol. The van der Waals surface area contributed by atoms with E-state index in [9.17, 15) is 5.11 Å². The molecule has 0 amide bonds. The van der Waals surface area contributed by atoms with E-state index in [1.165, 1.54) is 37.7 Å². The molecule has 5 nitrogen and oxygen atoms in total. The zero-order valence-corrected chi connectivity index (χ0v) is 18.3. The topological polar surface area (TPSA) is 54.0 Å². The lowest BCUT2D eigenvalue weighted by Crippen LogP contribution is -2.37. The number of hydrogen-bond acceptors (Lipinski definition) is 6. The summed E-state index contributed by atoms with van der Waals surface area (Å²) < 4.78 is 11.4. The van der Waals surface area contributed by atoms with Gasteiger partial charge in [0.1, 0.15) is 12.7 Å². The average Bonchev–Trinajstić information content (AvgIpc) is 3.22. The maximum absolute atomic E-state index is 10.4. The molecule has 2 heterocycles. The molecule has 1 aromatic heterocycles. The molecule has 0 saturated carbocycles. The Labute approximate surface area is 178 Å². The van der Waals surface area contributed by atoms with Gasteiger partial charge in [0.25, 0.3) is 0 Å². The quantitative estimate of drug-likeness (QED) is 0.610. The number of rotatable bonds is 10. The number of likely N-dealkylation sites (tertiary alicyclic amines) is 1. The number of hydrogen-bond donors (Lipinski definition) is 2. The van der Waals surface area contributed by atoms with Gasteiger partial charge in [-0.1, -0.05) is 25.3 Å². The number of benzene rings is 1. The Hall–Kier alpha value is -1.60. The van der Waals surface area contributed by atoms with Gasteiger partial charge in [-0.15, -0.1) is 0 Å². The molecule has 29 heavy (non-hydrogen) atoms. The Kier molecular flexibility index (Phi) is 9.28. The number of ether oxygens (including phenoxy) is 2. The van der Waals surface area contributed by atoms with E-state index in [0.717, 1.165) is 31.7 Å². The van der Waals surface area contributed by atoms with Crippen molar-refractivity contribution in [1.82, 2.24) is 10.2 Å². The molecule has 6 heteroatoms. The van der Waals surface area contributed by atoms with Crippen LogP contribution in [0.25, 0.3) is 0 Å². The zero-order valence-electron chi connectivity index (χ0n) is 17.4. The third kappa shape index (κ3) is 7.63. The van der Waals surface area contributed by atoms with Crippen molar-refractivity contribution in [3.63, 3.8) is 0 Å². The first-order valence-corrected chi connectivity index (χ1v) is 11.6. The minimum atomic E-state index is -0.494. The van der Waals surface area contributed by atoms with Crippen molar-refractivity contribution in [2.24, 2.45) is 0 Å². The Morgan fingerprint density at radius 3 is 2.52 bits per heavy atom. The Morgan fingerprint density at radius 1 is 1.03 bits per heavy atom. The fourth-order valence-electron chi connectivity index (χ4n) is 3.72. The standard InChI is InChI=1S/C23H34N2O3S/c1-27-23-13-19(14-24-15-20-9-12-29-18-20)7-8-22(23)28-17-21(26)16-25-10-5-3-2-4-6-11-25/h7-9,12-13,18,21,24,26H,2-6,10-11,14-17H2,1H3/t21-/m0/s1. The molecule has 1 aromatic carbocycles. The molecule has 2 N–H and O–H groups in total. The molecule has 0 radical (unpaired) electrons. The van der Waals surface area contributed by atoms with Crippen molar-refractivity contribution in [3.05, 3.63) is 46.2 Å². The second-order valence-corrected chi connectivity index (χ2v) is 8.53. The van der Waals surface area contributed by atoms with Gasteiger partial charge in [-0.3, -0.25) is 0 Å². The highest BCUT2D eigenvalue weighted by atomic mass is 32.1. The molecule has 1 aliphatic heterocycles. The molecule has 1 atom stereocenters. The van der Waals surface area contributed by atoms with Gasteiger partial charge in [0, 0.05) is 19.6 Å². The fourth-order valence-corrected chi connectivity index (χ4v) is 4.39. The molecule has 1 fully saturated rings. The SMILES string of the molecule is COc1cc(CNCc2ccsc2)ccc1OC[C@@H](O)CN1CCCCCCC1. The molecule has 1 saturated heterocycles. The first-order chi connectivity index (χ1) is 14.2. The van der Waals surface area contributed by atoms with Crippen LogP contribution in [0.5, 0.6) is 11.5 Å². The number of methoxy groups -OCH3 is 1. The van der Waals surface area contributed by atoms with Gasteiger partial charge in [-0.2, -0.15) is 11.3 Å². The molecule has 0 unspecified atom stereocenters. The summed E-state index contributed by atoms with van der Waals surface area (Å²) in [6.45, 7) is 4.73. The number of nitrogens with one attached hydrogen (secondary N) is 1. The van der Waals surface area contributed by atoms with E-state index in [1.54, 1.807) is 18.4 Å². The highest BCUT2D eigenvalue weighted by Crippen LogP contribution is 2.28. The number of aliphatic hydroxyl groups excluding tert-OH is 1. The van der Waals surface area contributed by atoms with Crippen LogP contribution < -0.4 is 14.8 Å². The van der Waals surface area contributed by atoms with Crippen LogP contribution in [0.3, 0.4) is 0 Å². The van der Waals surface area contributed by atoms with E-state index >= 15 is 0 Å². The number of aliphatic hydroxyl groups is 1. The summed E-state index contributed by atoms with van der Waals surface area (Å²) in [7, 11) is 1.65. The van der Waals surface area contributed by atoms with Crippen molar-refractivity contribution in [1.29, 1.82) is 0 Å². The third-order valence-electron chi connectivity index (χ3n) is 5.32. The third-order valence-corrected chi connectivity index (χ3v) is 6.05. The van der Waals surface area contributed by atoms with Crippen molar-refractivity contribution >= 4 is 11.3 Å². The molecule has 0 bridgehead atoms. The van der Waals surface area contributed by atoms with Crippen LogP contribution in [0.2, 0.25) is 0 Å². The van der Waals surface area contributed by atoms with Crippen LogP contribution in [0, 0.1) is 0 Å². The van der Waals surface area contributed by atoms with E-state index in [-0.39, 0.29) is 6.61 Å². The lowest BCUT2D eigenvalue weighted by atomic mass is 10.1. The monoisotopic (exact) mass is 418 g/mol. The van der Waals surface area contributed by atoms with Gasteiger partial charge < -0.3 is 24.8 Å². The highest BCUT2D eigenvalue weighted by Gasteiger charge is 2.15. The van der Waals surface area contributed by atoms with Crippen LogP contribution in [0.1, 0.15) is 43.2 Å². The lowest BCUT2D eigenvalue weighted by Gasteiger charge is -2.26. The van der Waals surface area contributed by atoms with Crippen molar-refractivity contribution in [3.8, 4) is 11.5 Å². The summed E-state index contributed by atoms with van der Waals surface area (Å²) in [5.74, 6) is 1.39. The van der Waals surface area contributed by atoms with Crippen LogP contribution in [0.15, 0.2) is 35.0 Å². The van der Waals surface area contributed by atoms with Crippen molar-refractivity contribution in [2.75, 3.05) is 33.4 Å². The number of β-amino-alcohol motifs (C(OH)–C–C–N with tert-alkyl or cyclic N) is 1. The minimum Gasteiger partial charge on any atom is -0.493 e. The molecule has 160 valence electrons.